The van der Waals surface area contributed by atoms with Crippen molar-refractivity contribution in [3.05, 3.63) is 141 Å². The Morgan fingerprint density at radius 1 is 0.821 bits per heavy atom. The summed E-state index contributed by atoms with van der Waals surface area (Å²) in [6.45, 7) is 0.258. The van der Waals surface area contributed by atoms with Crippen molar-refractivity contribution in [2.75, 3.05) is 6.54 Å². The summed E-state index contributed by atoms with van der Waals surface area (Å²) >= 11 is 7.61. The molecular formula is C32H25ClF3NOS. The Labute approximate surface area is 234 Å². The van der Waals surface area contributed by atoms with E-state index in [9.17, 15) is 18.0 Å². The molecule has 0 aliphatic carbocycles. The maximum absolute atomic E-state index is 13.3. The second kappa shape index (κ2) is 11.6. The molecule has 0 aliphatic rings. The zero-order valence-electron chi connectivity index (χ0n) is 20.8. The SMILES string of the molecule is O=C(Cc1scc2cc(Cl)ccc12)NCC(c1ccc(C(F)(F)F)cc1)C(c1ccccc1)c1ccccc1. The molecule has 1 unspecified atom stereocenters. The van der Waals surface area contributed by atoms with Gasteiger partial charge in [0.25, 0.3) is 0 Å². The van der Waals surface area contributed by atoms with Crippen molar-refractivity contribution in [1.82, 2.24) is 5.32 Å². The quantitative estimate of drug-likeness (QED) is 0.201. The molecule has 5 rings (SSSR count). The summed E-state index contributed by atoms with van der Waals surface area (Å²) < 4.78 is 39.9. The van der Waals surface area contributed by atoms with Crippen molar-refractivity contribution >= 4 is 39.6 Å². The van der Waals surface area contributed by atoms with Gasteiger partial charge in [0.2, 0.25) is 5.91 Å². The molecule has 7 heteroatoms. The van der Waals surface area contributed by atoms with E-state index in [2.05, 4.69) is 5.32 Å². The Kier molecular flexibility index (Phi) is 8.05. The number of benzene rings is 4. The molecule has 0 fully saturated rings. The number of carbonyl (C=O) groups is 1. The third-order valence-electron chi connectivity index (χ3n) is 6.87. The van der Waals surface area contributed by atoms with Crippen LogP contribution in [0.2, 0.25) is 5.02 Å². The highest BCUT2D eigenvalue weighted by atomic mass is 35.5. The Balaban J connectivity index is 1.46. The number of alkyl halides is 3. The number of rotatable bonds is 8. The Morgan fingerprint density at radius 3 is 2.03 bits per heavy atom. The normalized spacial score (nSPS) is 12.5. The van der Waals surface area contributed by atoms with Gasteiger partial charge in [-0.25, -0.2) is 0 Å². The zero-order chi connectivity index (χ0) is 27.4. The number of amides is 1. The van der Waals surface area contributed by atoms with Crippen LogP contribution < -0.4 is 5.32 Å². The lowest BCUT2D eigenvalue weighted by atomic mass is 9.77. The molecule has 0 bridgehead atoms. The van der Waals surface area contributed by atoms with Crippen molar-refractivity contribution in [2.45, 2.75) is 24.4 Å². The van der Waals surface area contributed by atoms with E-state index in [0.717, 1.165) is 44.5 Å². The highest BCUT2D eigenvalue weighted by molar-refractivity contribution is 7.11. The Bertz CT molecular complexity index is 1510. The molecule has 198 valence electrons. The first-order valence-electron chi connectivity index (χ1n) is 12.5. The van der Waals surface area contributed by atoms with Gasteiger partial charge in [-0.2, -0.15) is 13.2 Å². The van der Waals surface area contributed by atoms with Crippen LogP contribution in [0.1, 0.15) is 39.0 Å². The molecule has 1 atom stereocenters. The van der Waals surface area contributed by atoms with Gasteiger partial charge in [0.1, 0.15) is 0 Å². The second-order valence-corrected chi connectivity index (χ2v) is 10.8. The molecule has 1 amide bonds. The van der Waals surface area contributed by atoms with E-state index in [-0.39, 0.29) is 30.7 Å². The lowest BCUT2D eigenvalue weighted by Gasteiger charge is -2.29. The van der Waals surface area contributed by atoms with Crippen LogP contribution in [0, 0.1) is 0 Å². The Morgan fingerprint density at radius 2 is 1.44 bits per heavy atom. The number of carbonyl (C=O) groups excluding carboxylic acids is 1. The first-order valence-corrected chi connectivity index (χ1v) is 13.7. The largest absolute Gasteiger partial charge is 0.416 e. The minimum Gasteiger partial charge on any atom is -0.355 e. The van der Waals surface area contributed by atoms with Crippen LogP contribution in [0.3, 0.4) is 0 Å². The van der Waals surface area contributed by atoms with Gasteiger partial charge in [0.05, 0.1) is 12.0 Å². The fraction of sp³-hybridized carbons (Fsp3) is 0.156. The average Bonchev–Trinajstić information content (AvgIpc) is 3.33. The van der Waals surface area contributed by atoms with Crippen molar-refractivity contribution in [2.24, 2.45) is 0 Å². The van der Waals surface area contributed by atoms with Gasteiger partial charge in [-0.05, 0) is 57.1 Å². The van der Waals surface area contributed by atoms with Gasteiger partial charge in [0, 0.05) is 28.3 Å². The monoisotopic (exact) mass is 563 g/mol. The lowest BCUT2D eigenvalue weighted by molar-refractivity contribution is -0.137. The van der Waals surface area contributed by atoms with Crippen molar-refractivity contribution in [3.63, 3.8) is 0 Å². The van der Waals surface area contributed by atoms with Gasteiger partial charge in [-0.3, -0.25) is 4.79 Å². The highest BCUT2D eigenvalue weighted by Crippen LogP contribution is 2.39. The van der Waals surface area contributed by atoms with Crippen LogP contribution in [0.5, 0.6) is 0 Å². The lowest BCUT2D eigenvalue weighted by Crippen LogP contribution is -2.32. The Hall–Kier alpha value is -3.61. The van der Waals surface area contributed by atoms with Crippen LogP contribution in [0.25, 0.3) is 10.8 Å². The number of hydrogen-bond donors (Lipinski definition) is 1. The topological polar surface area (TPSA) is 29.1 Å². The molecule has 0 radical (unpaired) electrons. The van der Waals surface area contributed by atoms with Crippen LogP contribution >= 0.6 is 22.9 Å². The molecule has 0 spiro atoms. The number of fused-ring (bicyclic) bond motifs is 1. The van der Waals surface area contributed by atoms with Crippen LogP contribution in [0.4, 0.5) is 13.2 Å². The molecule has 1 N–H and O–H groups in total. The maximum Gasteiger partial charge on any atom is 0.416 e. The number of nitrogens with one attached hydrogen (secondary N) is 1. The minimum absolute atomic E-state index is 0.148. The van der Waals surface area contributed by atoms with Gasteiger partial charge < -0.3 is 5.32 Å². The van der Waals surface area contributed by atoms with Crippen LogP contribution in [-0.2, 0) is 17.4 Å². The predicted octanol–water partition coefficient (Wildman–Crippen LogP) is 8.85. The van der Waals surface area contributed by atoms with Gasteiger partial charge in [-0.1, -0.05) is 90.5 Å². The van der Waals surface area contributed by atoms with E-state index in [0.29, 0.717) is 5.02 Å². The fourth-order valence-corrected chi connectivity index (χ4v) is 6.15. The summed E-state index contributed by atoms with van der Waals surface area (Å²) in [4.78, 5) is 14.1. The summed E-state index contributed by atoms with van der Waals surface area (Å²) in [5.74, 6) is -0.639. The van der Waals surface area contributed by atoms with Gasteiger partial charge in [0.15, 0.2) is 0 Å². The molecule has 1 aromatic heterocycles. The fourth-order valence-electron chi connectivity index (χ4n) is 4.98. The smallest absolute Gasteiger partial charge is 0.355 e. The summed E-state index contributed by atoms with van der Waals surface area (Å²) in [5.41, 5.74) is 2.06. The molecule has 0 aliphatic heterocycles. The summed E-state index contributed by atoms with van der Waals surface area (Å²) in [6, 6.07) is 30.6. The number of thiophene rings is 1. The van der Waals surface area contributed by atoms with Crippen molar-refractivity contribution < 1.29 is 18.0 Å². The van der Waals surface area contributed by atoms with Crippen LogP contribution in [-0.4, -0.2) is 12.5 Å². The second-order valence-electron chi connectivity index (χ2n) is 9.40. The summed E-state index contributed by atoms with van der Waals surface area (Å²) in [7, 11) is 0. The molecule has 0 saturated carbocycles. The van der Waals surface area contributed by atoms with E-state index in [1.165, 1.54) is 23.5 Å². The van der Waals surface area contributed by atoms with Crippen LogP contribution in [0.15, 0.2) is 109 Å². The first-order chi connectivity index (χ1) is 18.8. The number of halogens is 4. The molecule has 4 aromatic carbocycles. The molecule has 2 nitrogen and oxygen atoms in total. The van der Waals surface area contributed by atoms with Gasteiger partial charge in [-0.15, -0.1) is 11.3 Å². The minimum atomic E-state index is -4.42. The molecule has 1 heterocycles. The van der Waals surface area contributed by atoms with Crippen molar-refractivity contribution in [1.29, 1.82) is 0 Å². The van der Waals surface area contributed by atoms with Gasteiger partial charge >= 0.3 is 6.18 Å². The van der Waals surface area contributed by atoms with E-state index < -0.39 is 11.7 Å². The van der Waals surface area contributed by atoms with E-state index in [1.807, 2.05) is 84.2 Å². The maximum atomic E-state index is 13.3. The summed E-state index contributed by atoms with van der Waals surface area (Å²) in [5, 5.41) is 7.69. The van der Waals surface area contributed by atoms with E-state index >= 15 is 0 Å². The predicted molar refractivity (Wildman–Crippen MR) is 152 cm³/mol. The third kappa shape index (κ3) is 6.35. The number of hydrogen-bond acceptors (Lipinski definition) is 2. The standard InChI is InChI=1S/C32H25ClF3NOS/c33-26-15-16-27-24(17-26)20-39-29(27)18-30(38)37-19-28(21-11-13-25(14-12-21)32(34,35)36)31(22-7-3-1-4-8-22)23-9-5-2-6-10-23/h1-17,20,28,31H,18-19H2,(H,37,38). The highest BCUT2D eigenvalue weighted by Gasteiger charge is 2.32. The third-order valence-corrected chi connectivity index (χ3v) is 8.12. The molecular weight excluding hydrogens is 539 g/mol. The van der Waals surface area contributed by atoms with E-state index in [1.54, 1.807) is 0 Å². The van der Waals surface area contributed by atoms with Crippen molar-refractivity contribution in [3.8, 4) is 0 Å². The molecule has 39 heavy (non-hydrogen) atoms. The van der Waals surface area contributed by atoms with E-state index in [4.69, 9.17) is 11.6 Å². The molecule has 0 saturated heterocycles. The first kappa shape index (κ1) is 27.0. The summed E-state index contributed by atoms with van der Waals surface area (Å²) in [6.07, 6.45) is -4.22. The molecule has 5 aromatic rings. The zero-order valence-corrected chi connectivity index (χ0v) is 22.4. The average molecular weight is 564 g/mol.